The van der Waals surface area contributed by atoms with E-state index < -0.39 is 5.60 Å². The lowest BCUT2D eigenvalue weighted by Crippen LogP contribution is -2.46. The first-order valence-electron chi connectivity index (χ1n) is 21.7. The molecule has 2 atom stereocenters. The third-order valence-corrected chi connectivity index (χ3v) is 9.88. The number of fused-ring (bicyclic) bond motifs is 1. The Morgan fingerprint density at radius 3 is 1.89 bits per heavy atom. The molecular weight excluding hydrogens is 803 g/mol. The highest BCUT2D eigenvalue weighted by Gasteiger charge is 2.28. The van der Waals surface area contributed by atoms with E-state index in [2.05, 4.69) is 29.0 Å². The number of anilines is 2. The quantitative estimate of drug-likeness (QED) is 0.121. The van der Waals surface area contributed by atoms with Crippen LogP contribution in [0.25, 0.3) is 22.3 Å². The van der Waals surface area contributed by atoms with Crippen LogP contribution in [-0.2, 0) is 42.6 Å². The second-order valence-corrected chi connectivity index (χ2v) is 16.1. The van der Waals surface area contributed by atoms with Crippen molar-refractivity contribution in [1.29, 1.82) is 0 Å². The molecule has 0 unspecified atom stereocenters. The van der Waals surface area contributed by atoms with Gasteiger partial charge in [-0.15, -0.1) is 0 Å². The van der Waals surface area contributed by atoms with Crippen molar-refractivity contribution >= 4 is 34.8 Å². The molecule has 62 heavy (non-hydrogen) atoms. The van der Waals surface area contributed by atoms with Crippen LogP contribution in [0.5, 0.6) is 0 Å². The molecule has 0 aliphatic carbocycles. The molecule has 18 nitrogen and oxygen atoms in total. The minimum absolute atomic E-state index is 0.133. The van der Waals surface area contributed by atoms with E-state index in [0.717, 1.165) is 29.0 Å². The van der Waals surface area contributed by atoms with Crippen LogP contribution in [0, 0.1) is 0 Å². The van der Waals surface area contributed by atoms with E-state index in [4.69, 9.17) is 57.6 Å². The molecule has 5 rings (SSSR count). The lowest BCUT2D eigenvalue weighted by atomic mass is 10.1. The number of pyridine rings is 1. The van der Waals surface area contributed by atoms with E-state index in [9.17, 15) is 9.59 Å². The molecule has 0 bridgehead atoms. The highest BCUT2D eigenvalue weighted by Crippen LogP contribution is 2.31. The number of carbonyl (C=O) groups excluding carboxylic acids is 2. The number of nitrogens with one attached hydrogen (secondary N) is 1. The number of morpholine rings is 2. The van der Waals surface area contributed by atoms with Gasteiger partial charge in [0.2, 0.25) is 5.95 Å². The van der Waals surface area contributed by atoms with Gasteiger partial charge >= 0.3 is 6.09 Å². The monoisotopic (exact) mass is 869 g/mol. The average Bonchev–Trinajstić information content (AvgIpc) is 3.26. The minimum atomic E-state index is -0.523. The Bertz CT molecular complexity index is 1820. The number of likely N-dealkylation sites (N-methyl/N-ethyl adjacent to an activating group) is 1. The number of rotatable bonds is 25. The average molecular weight is 870 g/mol. The predicted molar refractivity (Wildman–Crippen MR) is 234 cm³/mol. The summed E-state index contributed by atoms with van der Waals surface area (Å²) in [5.74, 6) is 1.29. The van der Waals surface area contributed by atoms with Gasteiger partial charge in [-0.1, -0.05) is 12.1 Å². The lowest BCUT2D eigenvalue weighted by Gasteiger charge is -2.37. The van der Waals surface area contributed by atoms with Crippen molar-refractivity contribution in [3.63, 3.8) is 0 Å². The standard InChI is InChI=1S/C44H67N7O11/c1-33-31-60-18-14-50(33)40-37-10-11-38(46-39(37)47-42(48-40)51-15-19-61-32-34(51)2)35-8-7-9-36(30-35)41(52)45-12-16-54-20-22-56-24-26-58-28-29-59-27-25-57-23-21-55-17-13-49(6)43(53)62-44(3,4)5/h7-11,30,33-34H,12-29,31-32H2,1-6H3,(H,45,52)/t33-,34-/m1/s1. The van der Waals surface area contributed by atoms with Crippen LogP contribution >= 0.6 is 0 Å². The van der Waals surface area contributed by atoms with E-state index in [1.54, 1.807) is 13.1 Å². The number of carbonyl (C=O) groups is 2. The topological polar surface area (TPSA) is 178 Å². The van der Waals surface area contributed by atoms with Gasteiger partial charge in [0.25, 0.3) is 5.91 Å². The van der Waals surface area contributed by atoms with Crippen LogP contribution in [0.4, 0.5) is 16.6 Å². The summed E-state index contributed by atoms with van der Waals surface area (Å²) in [5.41, 5.74) is 2.14. The highest BCUT2D eigenvalue weighted by molar-refractivity contribution is 5.96. The zero-order valence-corrected chi connectivity index (χ0v) is 37.4. The van der Waals surface area contributed by atoms with Crippen molar-refractivity contribution in [3.8, 4) is 11.3 Å². The summed E-state index contributed by atoms with van der Waals surface area (Å²) in [6, 6.07) is 11.7. The fraction of sp³-hybridized carbons (Fsp3) is 0.659. The van der Waals surface area contributed by atoms with Gasteiger partial charge in [-0.3, -0.25) is 4.79 Å². The van der Waals surface area contributed by atoms with Crippen molar-refractivity contribution in [2.75, 3.05) is 149 Å². The molecule has 2 fully saturated rings. The Labute approximate surface area is 365 Å². The van der Waals surface area contributed by atoms with Crippen molar-refractivity contribution in [2.24, 2.45) is 0 Å². The zero-order valence-electron chi connectivity index (χ0n) is 37.4. The second kappa shape index (κ2) is 25.7. The molecule has 0 saturated carbocycles. The van der Waals surface area contributed by atoms with Crippen molar-refractivity contribution in [1.82, 2.24) is 25.2 Å². The van der Waals surface area contributed by atoms with E-state index >= 15 is 0 Å². The molecule has 0 radical (unpaired) electrons. The Balaban J connectivity index is 0.914. The van der Waals surface area contributed by atoms with Gasteiger partial charge in [0.1, 0.15) is 11.4 Å². The van der Waals surface area contributed by atoms with E-state index in [0.29, 0.717) is 143 Å². The molecule has 0 spiro atoms. The van der Waals surface area contributed by atoms with Crippen LogP contribution in [0.2, 0.25) is 0 Å². The number of hydrogen-bond donors (Lipinski definition) is 1. The van der Waals surface area contributed by atoms with Crippen LogP contribution in [0.1, 0.15) is 45.0 Å². The first-order chi connectivity index (χ1) is 30.0. The molecule has 18 heteroatoms. The third kappa shape index (κ3) is 16.1. The van der Waals surface area contributed by atoms with E-state index in [1.807, 2.05) is 51.1 Å². The smallest absolute Gasteiger partial charge is 0.410 e. The van der Waals surface area contributed by atoms with Crippen LogP contribution in [0.3, 0.4) is 0 Å². The summed E-state index contributed by atoms with van der Waals surface area (Å²) in [4.78, 5) is 46.0. The zero-order chi connectivity index (χ0) is 44.2. The molecule has 2 aromatic heterocycles. The minimum Gasteiger partial charge on any atom is -0.444 e. The summed E-state index contributed by atoms with van der Waals surface area (Å²) >= 11 is 0. The first kappa shape index (κ1) is 48.8. The molecule has 1 N–H and O–H groups in total. The number of aromatic nitrogens is 3. The summed E-state index contributed by atoms with van der Waals surface area (Å²) < 4.78 is 50.0. The predicted octanol–water partition coefficient (Wildman–Crippen LogP) is 3.84. The Hall–Kier alpha value is -4.27. The SMILES string of the molecule is C[C@@H]1COCCN1c1nc(N2CCOC[C@H]2C)c2ccc(-c3cccc(C(=O)NCCOCCOCCOCCOCCOCCOCCN(C)C(=O)OC(C)(C)C)c3)nc2n1. The lowest BCUT2D eigenvalue weighted by molar-refractivity contribution is -0.0177. The molecule has 2 saturated heterocycles. The van der Waals surface area contributed by atoms with Crippen molar-refractivity contribution < 1.29 is 52.2 Å². The number of amides is 2. The molecule has 4 heterocycles. The number of hydrogen-bond acceptors (Lipinski definition) is 16. The summed E-state index contributed by atoms with van der Waals surface area (Å²) in [6.07, 6.45) is -0.373. The molecular formula is C44H67N7O11. The first-order valence-corrected chi connectivity index (χ1v) is 21.7. The maximum absolute atomic E-state index is 13.1. The van der Waals surface area contributed by atoms with Crippen LogP contribution < -0.4 is 15.1 Å². The third-order valence-electron chi connectivity index (χ3n) is 9.88. The normalized spacial score (nSPS) is 17.1. The van der Waals surface area contributed by atoms with Gasteiger partial charge in [0.05, 0.1) is 129 Å². The van der Waals surface area contributed by atoms with Gasteiger partial charge < -0.3 is 62.6 Å². The van der Waals surface area contributed by atoms with Gasteiger partial charge in [0, 0.05) is 44.4 Å². The van der Waals surface area contributed by atoms with Crippen LogP contribution in [0.15, 0.2) is 36.4 Å². The fourth-order valence-electron chi connectivity index (χ4n) is 6.55. The molecule has 2 aliphatic heterocycles. The molecule has 344 valence electrons. The maximum Gasteiger partial charge on any atom is 0.410 e. The Kier molecular flexibility index (Phi) is 20.2. The fourth-order valence-corrected chi connectivity index (χ4v) is 6.55. The maximum atomic E-state index is 13.1. The molecule has 1 aromatic carbocycles. The van der Waals surface area contributed by atoms with Gasteiger partial charge in [-0.2, -0.15) is 9.97 Å². The van der Waals surface area contributed by atoms with Gasteiger partial charge in [-0.05, 0) is 58.9 Å². The second-order valence-electron chi connectivity index (χ2n) is 16.1. The number of nitrogens with zero attached hydrogens (tertiary/aromatic N) is 6. The number of ether oxygens (including phenoxy) is 9. The summed E-state index contributed by atoms with van der Waals surface area (Å²) in [7, 11) is 1.68. The molecule has 2 amide bonds. The van der Waals surface area contributed by atoms with Crippen LogP contribution in [-0.4, -0.2) is 188 Å². The van der Waals surface area contributed by atoms with E-state index in [1.165, 1.54) is 4.90 Å². The van der Waals surface area contributed by atoms with Crippen molar-refractivity contribution in [2.45, 2.75) is 52.3 Å². The highest BCUT2D eigenvalue weighted by atomic mass is 16.6. The summed E-state index contributed by atoms with van der Waals surface area (Å²) in [5, 5.41) is 3.81. The summed E-state index contributed by atoms with van der Waals surface area (Å²) in [6.45, 7) is 19.6. The van der Waals surface area contributed by atoms with Crippen molar-refractivity contribution in [3.05, 3.63) is 42.0 Å². The van der Waals surface area contributed by atoms with Gasteiger partial charge in [-0.25, -0.2) is 9.78 Å². The largest absolute Gasteiger partial charge is 0.444 e. The van der Waals surface area contributed by atoms with E-state index in [-0.39, 0.29) is 24.1 Å². The molecule has 3 aromatic rings. The number of benzene rings is 1. The Morgan fingerprint density at radius 1 is 0.742 bits per heavy atom. The van der Waals surface area contributed by atoms with Gasteiger partial charge in [0.15, 0.2) is 5.65 Å². The molecule has 2 aliphatic rings. The Morgan fingerprint density at radius 2 is 1.31 bits per heavy atom.